The molecule has 0 saturated carbocycles. The normalized spacial score (nSPS) is 12.6. The zero-order valence-electron chi connectivity index (χ0n) is 9.77. The van der Waals surface area contributed by atoms with Crippen molar-refractivity contribution < 1.29 is 4.42 Å². The second-order valence-corrected chi connectivity index (χ2v) is 4.11. The summed E-state index contributed by atoms with van der Waals surface area (Å²) in [5.41, 5.74) is 0.761. The lowest BCUT2D eigenvalue weighted by molar-refractivity contribution is 0.429. The molecule has 1 aromatic carbocycles. The van der Waals surface area contributed by atoms with Gasteiger partial charge in [-0.05, 0) is 25.6 Å². The monoisotopic (exact) mass is 251 g/mol. The molecule has 0 bridgehead atoms. The lowest BCUT2D eigenvalue weighted by Gasteiger charge is -2.05. The first-order valence-electron chi connectivity index (χ1n) is 5.54. The van der Waals surface area contributed by atoms with E-state index in [2.05, 4.69) is 15.5 Å². The fraction of sp³-hybridized carbons (Fsp3) is 0.333. The van der Waals surface area contributed by atoms with E-state index in [-0.39, 0.29) is 6.04 Å². The molecule has 0 fully saturated rings. The highest BCUT2D eigenvalue weighted by molar-refractivity contribution is 6.33. The fourth-order valence-electron chi connectivity index (χ4n) is 1.55. The Labute approximate surface area is 105 Å². The van der Waals surface area contributed by atoms with Gasteiger partial charge in [-0.2, -0.15) is 0 Å². The molecule has 0 aliphatic heterocycles. The van der Waals surface area contributed by atoms with E-state index in [0.717, 1.165) is 12.1 Å². The minimum absolute atomic E-state index is 0.0451. The Kier molecular flexibility index (Phi) is 3.76. The van der Waals surface area contributed by atoms with Gasteiger partial charge in [0.05, 0.1) is 16.6 Å². The number of rotatable bonds is 4. The van der Waals surface area contributed by atoms with Crippen LogP contribution < -0.4 is 5.32 Å². The fourth-order valence-corrected chi connectivity index (χ4v) is 1.76. The maximum absolute atomic E-state index is 6.07. The van der Waals surface area contributed by atoms with E-state index in [4.69, 9.17) is 16.0 Å². The highest BCUT2D eigenvalue weighted by Gasteiger charge is 2.15. The molecule has 5 heteroatoms. The Morgan fingerprint density at radius 1 is 1.35 bits per heavy atom. The molecular formula is C12H14ClN3O. The van der Waals surface area contributed by atoms with Crippen LogP contribution in [0.25, 0.3) is 11.5 Å². The molecule has 17 heavy (non-hydrogen) atoms. The number of benzene rings is 1. The Hall–Kier alpha value is -1.39. The number of aromatic nitrogens is 2. The van der Waals surface area contributed by atoms with Gasteiger partial charge in [-0.1, -0.05) is 30.7 Å². The number of hydrogen-bond acceptors (Lipinski definition) is 4. The van der Waals surface area contributed by atoms with Gasteiger partial charge in [0, 0.05) is 0 Å². The molecule has 0 saturated heterocycles. The first-order valence-corrected chi connectivity index (χ1v) is 5.92. The minimum Gasteiger partial charge on any atom is -0.419 e. The molecule has 0 radical (unpaired) electrons. The summed E-state index contributed by atoms with van der Waals surface area (Å²) in [6.45, 7) is 4.86. The van der Waals surface area contributed by atoms with Gasteiger partial charge in [-0.3, -0.25) is 0 Å². The highest BCUT2D eigenvalue weighted by Crippen LogP contribution is 2.27. The molecule has 90 valence electrons. The summed E-state index contributed by atoms with van der Waals surface area (Å²) in [7, 11) is 0. The van der Waals surface area contributed by atoms with Crippen LogP contribution in [0.1, 0.15) is 25.8 Å². The van der Waals surface area contributed by atoms with Crippen LogP contribution in [0.5, 0.6) is 0 Å². The van der Waals surface area contributed by atoms with Gasteiger partial charge in [0.1, 0.15) is 0 Å². The smallest absolute Gasteiger partial charge is 0.249 e. The molecule has 2 aromatic rings. The number of nitrogens with one attached hydrogen (secondary N) is 1. The van der Waals surface area contributed by atoms with E-state index in [1.54, 1.807) is 6.07 Å². The summed E-state index contributed by atoms with van der Waals surface area (Å²) >= 11 is 6.07. The van der Waals surface area contributed by atoms with E-state index < -0.39 is 0 Å². The quantitative estimate of drug-likeness (QED) is 0.907. The Balaban J connectivity index is 2.27. The lowest BCUT2D eigenvalue weighted by Crippen LogP contribution is -2.17. The molecule has 0 aliphatic rings. The van der Waals surface area contributed by atoms with Gasteiger partial charge in [-0.25, -0.2) is 0 Å². The van der Waals surface area contributed by atoms with Crippen molar-refractivity contribution in [2.45, 2.75) is 19.9 Å². The van der Waals surface area contributed by atoms with Gasteiger partial charge >= 0.3 is 0 Å². The second-order valence-electron chi connectivity index (χ2n) is 3.70. The Morgan fingerprint density at radius 2 is 2.12 bits per heavy atom. The molecule has 1 atom stereocenters. The van der Waals surface area contributed by atoms with E-state index in [1.807, 2.05) is 32.0 Å². The second kappa shape index (κ2) is 5.29. The predicted octanol–water partition coefficient (Wildman–Crippen LogP) is 3.06. The summed E-state index contributed by atoms with van der Waals surface area (Å²) in [4.78, 5) is 0. The molecule has 1 N–H and O–H groups in total. The zero-order valence-corrected chi connectivity index (χ0v) is 10.5. The van der Waals surface area contributed by atoms with Crippen molar-refractivity contribution in [1.29, 1.82) is 0 Å². The van der Waals surface area contributed by atoms with Crippen LogP contribution in [-0.4, -0.2) is 16.7 Å². The highest BCUT2D eigenvalue weighted by atomic mass is 35.5. The van der Waals surface area contributed by atoms with Crippen molar-refractivity contribution in [2.75, 3.05) is 6.54 Å². The summed E-state index contributed by atoms with van der Waals surface area (Å²) in [6.07, 6.45) is 0. The van der Waals surface area contributed by atoms with Crippen LogP contribution in [-0.2, 0) is 0 Å². The lowest BCUT2D eigenvalue weighted by atomic mass is 10.2. The molecule has 1 unspecified atom stereocenters. The van der Waals surface area contributed by atoms with Crippen molar-refractivity contribution in [3.05, 3.63) is 35.2 Å². The van der Waals surface area contributed by atoms with E-state index >= 15 is 0 Å². The van der Waals surface area contributed by atoms with Gasteiger partial charge < -0.3 is 9.73 Å². The molecule has 0 aliphatic carbocycles. The maximum Gasteiger partial charge on any atom is 0.249 e. The van der Waals surface area contributed by atoms with Crippen molar-refractivity contribution in [2.24, 2.45) is 0 Å². The molecule has 0 amide bonds. The molecule has 0 spiro atoms. The molecule has 4 nitrogen and oxygen atoms in total. The zero-order chi connectivity index (χ0) is 12.3. The third kappa shape index (κ3) is 2.65. The van der Waals surface area contributed by atoms with Gasteiger partial charge in [0.25, 0.3) is 0 Å². The Morgan fingerprint density at radius 3 is 2.82 bits per heavy atom. The van der Waals surface area contributed by atoms with E-state index in [1.165, 1.54) is 0 Å². The largest absolute Gasteiger partial charge is 0.419 e. The van der Waals surface area contributed by atoms with E-state index in [0.29, 0.717) is 16.8 Å². The summed E-state index contributed by atoms with van der Waals surface area (Å²) in [5, 5.41) is 11.8. The van der Waals surface area contributed by atoms with Crippen molar-refractivity contribution in [1.82, 2.24) is 15.5 Å². The third-order valence-corrected chi connectivity index (χ3v) is 2.76. The van der Waals surface area contributed by atoms with Gasteiger partial charge in [0.15, 0.2) is 0 Å². The maximum atomic E-state index is 6.07. The first-order chi connectivity index (χ1) is 8.22. The minimum atomic E-state index is 0.0451. The topological polar surface area (TPSA) is 51.0 Å². The number of hydrogen-bond donors (Lipinski definition) is 1. The average molecular weight is 252 g/mol. The van der Waals surface area contributed by atoms with Gasteiger partial charge in [0.2, 0.25) is 11.8 Å². The van der Waals surface area contributed by atoms with E-state index in [9.17, 15) is 0 Å². The van der Waals surface area contributed by atoms with Crippen LogP contribution in [0.15, 0.2) is 28.7 Å². The molecular weight excluding hydrogens is 238 g/mol. The average Bonchev–Trinajstić information content (AvgIpc) is 2.79. The van der Waals surface area contributed by atoms with Crippen LogP contribution in [0.2, 0.25) is 5.02 Å². The number of halogens is 1. The molecule has 1 aromatic heterocycles. The number of nitrogens with zero attached hydrogens (tertiary/aromatic N) is 2. The van der Waals surface area contributed by atoms with Crippen LogP contribution >= 0.6 is 11.6 Å². The molecule has 2 rings (SSSR count). The Bertz CT molecular complexity index is 498. The predicted molar refractivity (Wildman–Crippen MR) is 66.8 cm³/mol. The molecule has 1 heterocycles. The van der Waals surface area contributed by atoms with Crippen molar-refractivity contribution in [3.8, 4) is 11.5 Å². The summed E-state index contributed by atoms with van der Waals surface area (Å²) in [6, 6.07) is 7.46. The summed E-state index contributed by atoms with van der Waals surface area (Å²) in [5.74, 6) is 1.03. The third-order valence-electron chi connectivity index (χ3n) is 2.43. The summed E-state index contributed by atoms with van der Waals surface area (Å²) < 4.78 is 5.60. The van der Waals surface area contributed by atoms with Crippen LogP contribution in [0.4, 0.5) is 0 Å². The van der Waals surface area contributed by atoms with Crippen LogP contribution in [0.3, 0.4) is 0 Å². The first kappa shape index (κ1) is 12.1. The van der Waals surface area contributed by atoms with Crippen LogP contribution in [0, 0.1) is 0 Å². The van der Waals surface area contributed by atoms with Crippen molar-refractivity contribution in [3.63, 3.8) is 0 Å². The standard InChI is InChI=1S/C12H14ClN3O/c1-3-14-8(2)11-15-16-12(17-11)9-6-4-5-7-10(9)13/h4-8,14H,3H2,1-2H3. The van der Waals surface area contributed by atoms with Crippen molar-refractivity contribution >= 4 is 11.6 Å². The van der Waals surface area contributed by atoms with Gasteiger partial charge in [-0.15, -0.1) is 10.2 Å². The SMILES string of the molecule is CCNC(C)c1nnc(-c2ccccc2Cl)o1.